The summed E-state index contributed by atoms with van der Waals surface area (Å²) in [6.45, 7) is 8.05. The maximum absolute atomic E-state index is 11.7. The van der Waals surface area contributed by atoms with E-state index in [-0.39, 0.29) is 43.0 Å². The lowest BCUT2D eigenvalue weighted by Crippen LogP contribution is -2.37. The molecule has 1 aliphatic rings. The number of carbonyl (C=O) groups is 4. The molecule has 0 radical (unpaired) electrons. The van der Waals surface area contributed by atoms with E-state index < -0.39 is 11.8 Å². The van der Waals surface area contributed by atoms with Crippen LogP contribution in [0.3, 0.4) is 0 Å². The quantitative estimate of drug-likeness (QED) is 0.694. The molecule has 7 nitrogen and oxygen atoms in total. The smallest absolute Gasteiger partial charge is 0.242 e. The first-order valence-corrected chi connectivity index (χ1v) is 9.08. The first-order valence-electron chi connectivity index (χ1n) is 7.79. The number of primary amides is 1. The van der Waals surface area contributed by atoms with E-state index in [9.17, 15) is 19.2 Å². The second-order valence-electron chi connectivity index (χ2n) is 4.51. The molecule has 0 bridgehead atoms. The molecule has 1 rings (SSSR count). The molecule has 4 amide bonds. The summed E-state index contributed by atoms with van der Waals surface area (Å²) in [5, 5.41) is 1.95. The summed E-state index contributed by atoms with van der Waals surface area (Å²) in [5.41, 5.74) is 4.86. The summed E-state index contributed by atoms with van der Waals surface area (Å²) >= 11 is 1.32. The second kappa shape index (κ2) is 14.0. The number of likely N-dealkylation sites (tertiary alicyclic amines) is 1. The van der Waals surface area contributed by atoms with Gasteiger partial charge in [-0.1, -0.05) is 34.1 Å². The van der Waals surface area contributed by atoms with Crippen molar-refractivity contribution in [3.05, 3.63) is 0 Å². The first kappa shape index (κ1) is 23.7. The Balaban J connectivity index is 0. The van der Waals surface area contributed by atoms with Crippen LogP contribution in [0.4, 0.5) is 0 Å². The van der Waals surface area contributed by atoms with Crippen molar-refractivity contribution in [3.8, 4) is 0 Å². The predicted molar refractivity (Wildman–Crippen MR) is 92.8 cm³/mol. The van der Waals surface area contributed by atoms with Gasteiger partial charge in [0.2, 0.25) is 23.6 Å². The normalized spacial score (nSPS) is 16.0. The molecule has 0 saturated carbocycles. The van der Waals surface area contributed by atoms with Crippen molar-refractivity contribution in [2.45, 2.75) is 52.2 Å². The van der Waals surface area contributed by atoms with Crippen LogP contribution in [-0.2, 0) is 19.2 Å². The molecule has 1 saturated heterocycles. The van der Waals surface area contributed by atoms with Crippen molar-refractivity contribution in [2.24, 2.45) is 5.73 Å². The molecule has 3 N–H and O–H groups in total. The van der Waals surface area contributed by atoms with Crippen LogP contribution in [0.2, 0.25) is 0 Å². The van der Waals surface area contributed by atoms with Gasteiger partial charge in [0.1, 0.15) is 0 Å². The number of thioether (sulfide) groups is 1. The van der Waals surface area contributed by atoms with E-state index in [2.05, 4.69) is 19.2 Å². The van der Waals surface area contributed by atoms with Crippen LogP contribution >= 0.6 is 11.8 Å². The fraction of sp³-hybridized carbons (Fsp3) is 0.733. The Hall–Kier alpha value is -1.57. The van der Waals surface area contributed by atoms with Gasteiger partial charge in [-0.25, -0.2) is 0 Å². The van der Waals surface area contributed by atoms with Gasteiger partial charge in [0.15, 0.2) is 0 Å². The van der Waals surface area contributed by atoms with Gasteiger partial charge in [0.25, 0.3) is 0 Å². The Bertz CT molecular complexity index is 402. The highest BCUT2D eigenvalue weighted by atomic mass is 32.2. The third-order valence-corrected chi connectivity index (χ3v) is 3.45. The Morgan fingerprint density at radius 1 is 1.30 bits per heavy atom. The Morgan fingerprint density at radius 2 is 1.83 bits per heavy atom. The number of imide groups is 1. The SMILES string of the molecule is CC.CCC.CSC1CC(=O)N(CCC(=O)NCC(N)=O)C1=O. The minimum Gasteiger partial charge on any atom is -0.368 e. The summed E-state index contributed by atoms with van der Waals surface area (Å²) in [6.07, 6.45) is 3.17. The number of nitrogens with zero attached hydrogens (tertiary/aromatic N) is 1. The van der Waals surface area contributed by atoms with Crippen LogP contribution in [0.15, 0.2) is 0 Å². The zero-order chi connectivity index (χ0) is 18.4. The maximum Gasteiger partial charge on any atom is 0.242 e. The average Bonchev–Trinajstić information content (AvgIpc) is 2.80. The van der Waals surface area contributed by atoms with Crippen molar-refractivity contribution >= 4 is 35.4 Å². The highest BCUT2D eigenvalue weighted by molar-refractivity contribution is 8.00. The highest BCUT2D eigenvalue weighted by Crippen LogP contribution is 2.22. The lowest BCUT2D eigenvalue weighted by atomic mass is 10.3. The Kier molecular flexibility index (Phi) is 14.5. The van der Waals surface area contributed by atoms with Crippen molar-refractivity contribution in [3.63, 3.8) is 0 Å². The summed E-state index contributed by atoms with van der Waals surface area (Å²) in [5.74, 6) is -1.57. The summed E-state index contributed by atoms with van der Waals surface area (Å²) in [7, 11) is 0. The summed E-state index contributed by atoms with van der Waals surface area (Å²) < 4.78 is 0. The molecule has 8 heteroatoms. The van der Waals surface area contributed by atoms with Crippen molar-refractivity contribution in [1.29, 1.82) is 0 Å². The standard InChI is InChI=1S/C10H15N3O4S.C3H8.C2H6/c1-18-6-4-9(16)13(10(6)17)3-2-8(15)12-5-7(11)14;1-3-2;1-2/h6H,2-5H2,1H3,(H2,11,14)(H,12,15);3H2,1-2H3;1-2H3. The molecule has 1 atom stereocenters. The van der Waals surface area contributed by atoms with Gasteiger partial charge in [-0.2, -0.15) is 11.8 Å². The number of rotatable bonds is 6. The van der Waals surface area contributed by atoms with Gasteiger partial charge >= 0.3 is 0 Å². The van der Waals surface area contributed by atoms with Crippen molar-refractivity contribution in [2.75, 3.05) is 19.3 Å². The largest absolute Gasteiger partial charge is 0.368 e. The molecular weight excluding hydrogens is 318 g/mol. The molecule has 0 aliphatic carbocycles. The van der Waals surface area contributed by atoms with Crippen molar-refractivity contribution in [1.82, 2.24) is 10.2 Å². The van der Waals surface area contributed by atoms with Crippen LogP contribution in [0, 0.1) is 0 Å². The molecule has 0 aromatic carbocycles. The van der Waals surface area contributed by atoms with Gasteiger partial charge < -0.3 is 11.1 Å². The number of hydrogen-bond donors (Lipinski definition) is 2. The van der Waals surface area contributed by atoms with Crippen LogP contribution < -0.4 is 11.1 Å². The van der Waals surface area contributed by atoms with Crippen LogP contribution in [0.5, 0.6) is 0 Å². The topological polar surface area (TPSA) is 110 Å². The number of carbonyl (C=O) groups excluding carboxylic acids is 4. The summed E-state index contributed by atoms with van der Waals surface area (Å²) in [4.78, 5) is 46.0. The lowest BCUT2D eigenvalue weighted by Gasteiger charge is -2.13. The first-order chi connectivity index (χ1) is 10.9. The molecule has 0 aromatic heterocycles. The van der Waals surface area contributed by atoms with Crippen LogP contribution in [0.25, 0.3) is 0 Å². The van der Waals surface area contributed by atoms with E-state index in [0.29, 0.717) is 0 Å². The zero-order valence-corrected chi connectivity index (χ0v) is 15.5. The van der Waals surface area contributed by atoms with E-state index >= 15 is 0 Å². The van der Waals surface area contributed by atoms with E-state index in [1.165, 1.54) is 18.2 Å². The van der Waals surface area contributed by atoms with E-state index in [1.807, 2.05) is 13.8 Å². The lowest BCUT2D eigenvalue weighted by molar-refractivity contribution is -0.138. The third-order valence-electron chi connectivity index (χ3n) is 2.51. The molecule has 23 heavy (non-hydrogen) atoms. The second-order valence-corrected chi connectivity index (χ2v) is 5.55. The minimum absolute atomic E-state index is 0.0220. The highest BCUT2D eigenvalue weighted by Gasteiger charge is 2.37. The van der Waals surface area contributed by atoms with E-state index in [4.69, 9.17) is 5.73 Å². The number of nitrogens with two attached hydrogens (primary N) is 1. The minimum atomic E-state index is -0.640. The number of nitrogens with one attached hydrogen (secondary N) is 1. The van der Waals surface area contributed by atoms with E-state index in [1.54, 1.807) is 6.26 Å². The summed E-state index contributed by atoms with van der Waals surface area (Å²) in [6, 6.07) is 0. The number of amides is 4. The fourth-order valence-electron chi connectivity index (χ4n) is 1.56. The fourth-order valence-corrected chi connectivity index (χ4v) is 2.20. The molecule has 0 spiro atoms. The van der Waals surface area contributed by atoms with Gasteiger partial charge in [-0.3, -0.25) is 24.1 Å². The molecule has 134 valence electrons. The molecular formula is C15H29N3O4S. The van der Waals surface area contributed by atoms with Crippen molar-refractivity contribution < 1.29 is 19.2 Å². The van der Waals surface area contributed by atoms with Crippen LogP contribution in [0.1, 0.15) is 47.0 Å². The Morgan fingerprint density at radius 3 is 2.22 bits per heavy atom. The van der Waals surface area contributed by atoms with Gasteiger partial charge in [-0.15, -0.1) is 0 Å². The average molecular weight is 347 g/mol. The monoisotopic (exact) mass is 347 g/mol. The molecule has 1 unspecified atom stereocenters. The van der Waals surface area contributed by atoms with Crippen LogP contribution in [-0.4, -0.2) is 53.1 Å². The molecule has 1 aliphatic heterocycles. The maximum atomic E-state index is 11.7. The molecule has 1 fully saturated rings. The van der Waals surface area contributed by atoms with Gasteiger partial charge in [0.05, 0.1) is 11.8 Å². The molecule has 0 aromatic rings. The van der Waals surface area contributed by atoms with Gasteiger partial charge in [-0.05, 0) is 6.26 Å². The third kappa shape index (κ3) is 9.93. The molecule has 1 heterocycles. The Labute approximate surface area is 142 Å². The van der Waals surface area contributed by atoms with Gasteiger partial charge in [0, 0.05) is 19.4 Å². The number of hydrogen-bond acceptors (Lipinski definition) is 5. The zero-order valence-electron chi connectivity index (χ0n) is 14.7. The van der Waals surface area contributed by atoms with E-state index in [0.717, 1.165) is 4.90 Å². The predicted octanol–water partition coefficient (Wildman–Crippen LogP) is 0.911.